The molecular formula is C47H59ClN8O2. The molecule has 4 heterocycles. The van der Waals surface area contributed by atoms with Crippen molar-refractivity contribution in [2.45, 2.75) is 110 Å². The number of H-pyrrole nitrogens is 2. The molecule has 4 unspecified atom stereocenters. The number of hydrogen-bond donors (Lipinski definition) is 5. The number of aromatic nitrogens is 6. The predicted molar refractivity (Wildman–Crippen MR) is 236 cm³/mol. The standard InChI is InChI=1S/C27H32N4O.C20H26N4O.ClH/c1-18(2)31-16-21(15-29-31)9-8-20-12-24-23-14-22(32-17-19-6-4-3-5-7-19)10-11-26(23)30-27(24)25(28)13-20;1-12(2)24-11-14(10-22-24)4-3-13-7-17-16-9-15(25)5-6-19(16)23-20(17)18(21)8-13;/h3-7,10-11,14-16,18,20,25,30H,8-9,12-13,17,28H2,1-2H3;5-6,9-13,18,23,25H,3-4,7-8,21H2,1-2H3;1H. The summed E-state index contributed by atoms with van der Waals surface area (Å²) in [5, 5.41) is 21.1. The molecule has 306 valence electrons. The minimum atomic E-state index is 0. The number of fused-ring (bicyclic) bond motifs is 6. The highest BCUT2D eigenvalue weighted by Crippen LogP contribution is 2.40. The van der Waals surface area contributed by atoms with Gasteiger partial charge in [-0.05, 0) is 155 Å². The number of nitrogens with zero attached hydrogens (tertiary/aromatic N) is 4. The summed E-state index contributed by atoms with van der Waals surface area (Å²) < 4.78 is 10.1. The summed E-state index contributed by atoms with van der Waals surface area (Å²) in [6.07, 6.45) is 16.8. The van der Waals surface area contributed by atoms with Gasteiger partial charge in [0.05, 0.1) is 12.4 Å². The van der Waals surface area contributed by atoms with Crippen LogP contribution in [-0.4, -0.2) is 34.6 Å². The Hall–Kier alpha value is -5.03. The van der Waals surface area contributed by atoms with E-state index in [-0.39, 0.29) is 24.5 Å². The lowest BCUT2D eigenvalue weighted by Crippen LogP contribution is -2.24. The van der Waals surface area contributed by atoms with Gasteiger partial charge in [-0.25, -0.2) is 0 Å². The van der Waals surface area contributed by atoms with E-state index in [1.807, 2.05) is 58.2 Å². The fourth-order valence-corrected chi connectivity index (χ4v) is 8.86. The molecule has 3 aromatic carbocycles. The van der Waals surface area contributed by atoms with Crippen LogP contribution >= 0.6 is 12.4 Å². The number of nitrogens with one attached hydrogen (secondary N) is 2. The van der Waals surface area contributed by atoms with Crippen LogP contribution < -0.4 is 16.2 Å². The van der Waals surface area contributed by atoms with E-state index in [0.29, 0.717) is 36.3 Å². The Kier molecular flexibility index (Phi) is 12.7. The first-order chi connectivity index (χ1) is 27.6. The highest BCUT2D eigenvalue weighted by molar-refractivity contribution is 5.87. The van der Waals surface area contributed by atoms with Gasteiger partial charge in [-0.2, -0.15) is 10.2 Å². The smallest absolute Gasteiger partial charge is 0.120 e. The molecule has 0 saturated carbocycles. The van der Waals surface area contributed by atoms with E-state index in [9.17, 15) is 5.11 Å². The Morgan fingerprint density at radius 3 is 1.74 bits per heavy atom. The number of phenolic OH excluding ortho intramolecular Hbond substituents is 1. The first kappa shape index (κ1) is 41.1. The third-order valence-electron chi connectivity index (χ3n) is 12.0. The molecule has 7 aromatic rings. The van der Waals surface area contributed by atoms with Gasteiger partial charge in [-0.1, -0.05) is 30.3 Å². The van der Waals surface area contributed by atoms with Crippen molar-refractivity contribution in [1.29, 1.82) is 0 Å². The monoisotopic (exact) mass is 802 g/mol. The molecule has 10 nitrogen and oxygen atoms in total. The first-order valence-corrected chi connectivity index (χ1v) is 20.8. The van der Waals surface area contributed by atoms with E-state index in [0.717, 1.165) is 79.2 Å². The van der Waals surface area contributed by atoms with Crippen molar-refractivity contribution >= 4 is 34.2 Å². The fraction of sp³-hybridized carbons (Fsp3) is 0.404. The fourth-order valence-electron chi connectivity index (χ4n) is 8.86. The van der Waals surface area contributed by atoms with Crippen LogP contribution in [0.2, 0.25) is 0 Å². The van der Waals surface area contributed by atoms with Gasteiger partial charge in [0.1, 0.15) is 18.1 Å². The third-order valence-corrected chi connectivity index (χ3v) is 12.0. The summed E-state index contributed by atoms with van der Waals surface area (Å²) >= 11 is 0. The van der Waals surface area contributed by atoms with Crippen molar-refractivity contribution in [3.63, 3.8) is 0 Å². The van der Waals surface area contributed by atoms with Gasteiger partial charge in [-0.15, -0.1) is 12.4 Å². The molecule has 0 amide bonds. The minimum absolute atomic E-state index is 0. The van der Waals surface area contributed by atoms with E-state index < -0.39 is 0 Å². The van der Waals surface area contributed by atoms with Gasteiger partial charge in [0.15, 0.2) is 0 Å². The first-order valence-electron chi connectivity index (χ1n) is 20.8. The number of nitrogens with two attached hydrogens (primary N) is 2. The largest absolute Gasteiger partial charge is 0.508 e. The lowest BCUT2D eigenvalue weighted by atomic mass is 9.81. The normalized spacial score (nSPS) is 18.8. The Bertz CT molecular complexity index is 2430. The average molecular weight is 803 g/mol. The molecular weight excluding hydrogens is 744 g/mol. The lowest BCUT2D eigenvalue weighted by Gasteiger charge is -2.27. The maximum atomic E-state index is 9.83. The number of hydrogen-bond acceptors (Lipinski definition) is 6. The maximum Gasteiger partial charge on any atom is 0.120 e. The molecule has 9 rings (SSSR count). The number of aromatic amines is 2. The van der Waals surface area contributed by atoms with Crippen LogP contribution in [-0.2, 0) is 32.3 Å². The summed E-state index contributed by atoms with van der Waals surface area (Å²) in [7, 11) is 0. The molecule has 0 aliphatic heterocycles. The number of aromatic hydroxyl groups is 1. The van der Waals surface area contributed by atoms with Crippen molar-refractivity contribution in [2.24, 2.45) is 23.3 Å². The molecule has 0 bridgehead atoms. The van der Waals surface area contributed by atoms with E-state index >= 15 is 0 Å². The second-order valence-corrected chi connectivity index (χ2v) is 17.0. The minimum Gasteiger partial charge on any atom is -0.508 e. The van der Waals surface area contributed by atoms with Crippen LogP contribution in [0.1, 0.15) is 117 Å². The second kappa shape index (κ2) is 17.9. The van der Waals surface area contributed by atoms with Crippen molar-refractivity contribution in [3.8, 4) is 11.5 Å². The number of benzene rings is 3. The topological polar surface area (TPSA) is 149 Å². The molecule has 4 atom stereocenters. The van der Waals surface area contributed by atoms with Gasteiger partial charge in [0.25, 0.3) is 0 Å². The quantitative estimate of drug-likeness (QED) is 0.0879. The Morgan fingerprint density at radius 1 is 0.707 bits per heavy atom. The molecule has 0 spiro atoms. The maximum absolute atomic E-state index is 9.83. The van der Waals surface area contributed by atoms with Crippen molar-refractivity contribution < 1.29 is 9.84 Å². The highest BCUT2D eigenvalue weighted by atomic mass is 35.5. The molecule has 4 aromatic heterocycles. The third kappa shape index (κ3) is 9.15. The molecule has 58 heavy (non-hydrogen) atoms. The van der Waals surface area contributed by atoms with Crippen LogP contribution in [0.25, 0.3) is 21.8 Å². The van der Waals surface area contributed by atoms with Gasteiger partial charge >= 0.3 is 0 Å². The molecule has 2 aliphatic rings. The van der Waals surface area contributed by atoms with E-state index in [1.54, 1.807) is 6.07 Å². The number of ether oxygens (including phenoxy) is 1. The zero-order valence-corrected chi connectivity index (χ0v) is 35.0. The molecule has 11 heteroatoms. The zero-order chi connectivity index (χ0) is 39.6. The summed E-state index contributed by atoms with van der Waals surface area (Å²) in [5.74, 6) is 2.35. The average Bonchev–Trinajstić information content (AvgIpc) is 4.02. The van der Waals surface area contributed by atoms with Crippen LogP contribution in [0, 0.1) is 11.8 Å². The zero-order valence-electron chi connectivity index (χ0n) is 34.2. The molecule has 2 aliphatic carbocycles. The van der Waals surface area contributed by atoms with E-state index in [4.69, 9.17) is 16.2 Å². The Labute approximate surface area is 347 Å². The van der Waals surface area contributed by atoms with Crippen LogP contribution in [0.15, 0.2) is 91.5 Å². The Morgan fingerprint density at radius 2 is 1.22 bits per heavy atom. The summed E-state index contributed by atoms with van der Waals surface area (Å²) in [6.45, 7) is 9.18. The van der Waals surface area contributed by atoms with Crippen LogP contribution in [0.4, 0.5) is 0 Å². The number of phenols is 1. The van der Waals surface area contributed by atoms with E-state index in [1.165, 1.54) is 38.9 Å². The Balaban J connectivity index is 0.000000179. The van der Waals surface area contributed by atoms with Crippen molar-refractivity contribution in [3.05, 3.63) is 131 Å². The van der Waals surface area contributed by atoms with Crippen molar-refractivity contribution in [1.82, 2.24) is 29.5 Å². The van der Waals surface area contributed by atoms with Gasteiger partial charge < -0.3 is 31.3 Å². The number of halogens is 1. The number of rotatable bonds is 11. The molecule has 0 radical (unpaired) electrons. The van der Waals surface area contributed by atoms with Gasteiger partial charge in [0, 0.05) is 69.8 Å². The number of aryl methyl sites for hydroxylation is 2. The van der Waals surface area contributed by atoms with Gasteiger partial charge in [0.2, 0.25) is 0 Å². The predicted octanol–water partition coefficient (Wildman–Crippen LogP) is 9.99. The van der Waals surface area contributed by atoms with Crippen LogP contribution in [0.5, 0.6) is 11.5 Å². The summed E-state index contributed by atoms with van der Waals surface area (Å²) in [5.41, 5.74) is 24.0. The summed E-state index contributed by atoms with van der Waals surface area (Å²) in [6, 6.07) is 23.0. The molecule has 0 saturated heterocycles. The van der Waals surface area contributed by atoms with Gasteiger partial charge in [-0.3, -0.25) is 9.36 Å². The molecule has 0 fully saturated rings. The lowest BCUT2D eigenvalue weighted by molar-refractivity contribution is 0.306. The van der Waals surface area contributed by atoms with Crippen LogP contribution in [0.3, 0.4) is 0 Å². The van der Waals surface area contributed by atoms with Crippen molar-refractivity contribution in [2.75, 3.05) is 0 Å². The highest BCUT2D eigenvalue weighted by Gasteiger charge is 2.29. The molecule has 7 N–H and O–H groups in total. The van der Waals surface area contributed by atoms with E-state index in [2.05, 4.69) is 84.5 Å². The summed E-state index contributed by atoms with van der Waals surface area (Å²) in [4.78, 5) is 7.04. The SMILES string of the molecule is CC(C)n1cc(CCC2Cc3c([nH]c4ccc(O)cc34)C(N)C2)cn1.CC(C)n1cc(CCC2Cc3c([nH]c4ccc(OCc5ccccc5)cc34)C(N)C2)cn1.Cl. The second-order valence-electron chi connectivity index (χ2n) is 17.0.